The summed E-state index contributed by atoms with van der Waals surface area (Å²) in [6, 6.07) is 0. The Morgan fingerprint density at radius 1 is 1.37 bits per heavy atom. The number of esters is 1. The van der Waals surface area contributed by atoms with E-state index in [1.54, 1.807) is 13.0 Å². The van der Waals surface area contributed by atoms with Crippen molar-refractivity contribution in [2.75, 3.05) is 13.2 Å². The van der Waals surface area contributed by atoms with E-state index in [0.29, 0.717) is 29.9 Å². The Morgan fingerprint density at radius 3 is 2.42 bits per heavy atom. The van der Waals surface area contributed by atoms with Gasteiger partial charge in [-0.15, -0.1) is 0 Å². The van der Waals surface area contributed by atoms with E-state index in [1.807, 2.05) is 6.92 Å². The highest BCUT2D eigenvalue weighted by Crippen LogP contribution is 2.24. The quantitative estimate of drug-likeness (QED) is 0.514. The lowest BCUT2D eigenvalue weighted by Crippen LogP contribution is -2.23. The molecule has 19 heavy (non-hydrogen) atoms. The van der Waals surface area contributed by atoms with Gasteiger partial charge in [0, 0.05) is 12.2 Å². The molecule has 2 atom stereocenters. The fourth-order valence-electron chi connectivity index (χ4n) is 2.07. The van der Waals surface area contributed by atoms with Crippen LogP contribution in [0.2, 0.25) is 0 Å². The van der Waals surface area contributed by atoms with Crippen molar-refractivity contribution in [2.45, 2.75) is 53.9 Å². The SMILES string of the molecule is CC=C(C)C(=O)OCC(CC(CO)CCC)C(C)C. The summed E-state index contributed by atoms with van der Waals surface area (Å²) in [6.45, 7) is 10.7. The lowest BCUT2D eigenvalue weighted by atomic mass is 9.85. The third kappa shape index (κ3) is 7.36. The van der Waals surface area contributed by atoms with E-state index in [0.717, 1.165) is 19.3 Å². The molecule has 112 valence electrons. The first-order valence-electron chi connectivity index (χ1n) is 7.37. The van der Waals surface area contributed by atoms with E-state index < -0.39 is 0 Å². The number of hydrogen-bond acceptors (Lipinski definition) is 3. The zero-order valence-corrected chi connectivity index (χ0v) is 13.1. The monoisotopic (exact) mass is 270 g/mol. The van der Waals surface area contributed by atoms with Gasteiger partial charge in [0.05, 0.1) is 6.61 Å². The fourth-order valence-corrected chi connectivity index (χ4v) is 2.07. The van der Waals surface area contributed by atoms with Gasteiger partial charge >= 0.3 is 5.97 Å². The number of carbonyl (C=O) groups excluding carboxylic acids is 1. The van der Waals surface area contributed by atoms with Gasteiger partial charge in [-0.2, -0.15) is 0 Å². The largest absolute Gasteiger partial charge is 0.462 e. The van der Waals surface area contributed by atoms with Crippen LogP contribution in [-0.4, -0.2) is 24.3 Å². The minimum Gasteiger partial charge on any atom is -0.462 e. The molecule has 0 fully saturated rings. The van der Waals surface area contributed by atoms with Gasteiger partial charge in [-0.3, -0.25) is 0 Å². The predicted octanol–water partition coefficient (Wildman–Crippen LogP) is 3.57. The summed E-state index contributed by atoms with van der Waals surface area (Å²) >= 11 is 0. The van der Waals surface area contributed by atoms with E-state index >= 15 is 0 Å². The molecule has 2 unspecified atom stereocenters. The maximum atomic E-state index is 11.6. The molecule has 0 aromatic heterocycles. The second-order valence-corrected chi connectivity index (χ2v) is 5.65. The van der Waals surface area contributed by atoms with Crippen LogP contribution in [0, 0.1) is 17.8 Å². The van der Waals surface area contributed by atoms with Crippen molar-refractivity contribution in [2.24, 2.45) is 17.8 Å². The Hall–Kier alpha value is -0.830. The molecule has 0 radical (unpaired) electrons. The molecule has 0 amide bonds. The Kier molecular flexibility index (Phi) is 9.58. The first-order valence-corrected chi connectivity index (χ1v) is 7.37. The van der Waals surface area contributed by atoms with Gasteiger partial charge in [-0.05, 0) is 44.4 Å². The van der Waals surface area contributed by atoms with Crippen LogP contribution in [0.4, 0.5) is 0 Å². The molecule has 0 saturated carbocycles. The van der Waals surface area contributed by atoms with E-state index in [1.165, 1.54) is 0 Å². The molecule has 0 aromatic rings. The van der Waals surface area contributed by atoms with Crippen molar-refractivity contribution in [1.29, 1.82) is 0 Å². The van der Waals surface area contributed by atoms with Crippen LogP contribution in [0.25, 0.3) is 0 Å². The Morgan fingerprint density at radius 2 is 2.00 bits per heavy atom. The van der Waals surface area contributed by atoms with E-state index in [-0.39, 0.29) is 12.6 Å². The van der Waals surface area contributed by atoms with Crippen molar-refractivity contribution >= 4 is 5.97 Å². The average molecular weight is 270 g/mol. The summed E-state index contributed by atoms with van der Waals surface area (Å²) in [6.07, 6.45) is 4.79. The number of carbonyl (C=O) groups is 1. The average Bonchev–Trinajstić information content (AvgIpc) is 2.40. The normalized spacial score (nSPS) is 15.4. The number of hydrogen-bond donors (Lipinski definition) is 1. The third-order valence-electron chi connectivity index (χ3n) is 3.72. The molecular weight excluding hydrogens is 240 g/mol. The van der Waals surface area contributed by atoms with Crippen LogP contribution in [0.1, 0.15) is 53.9 Å². The summed E-state index contributed by atoms with van der Waals surface area (Å²) in [5, 5.41) is 9.37. The maximum Gasteiger partial charge on any atom is 0.333 e. The molecule has 1 N–H and O–H groups in total. The minimum atomic E-state index is -0.232. The van der Waals surface area contributed by atoms with Crippen LogP contribution in [0.5, 0.6) is 0 Å². The first-order chi connectivity index (χ1) is 8.96. The second kappa shape index (κ2) is 10.0. The molecule has 0 heterocycles. The molecule has 0 aromatic carbocycles. The standard InChI is InChI=1S/C16H30O3/c1-6-8-14(10-17)9-15(12(3)4)11-19-16(18)13(5)7-2/h7,12,14-15,17H,6,8-11H2,1-5H3. The number of ether oxygens (including phenoxy) is 1. The van der Waals surface area contributed by atoms with Crippen molar-refractivity contribution < 1.29 is 14.6 Å². The third-order valence-corrected chi connectivity index (χ3v) is 3.72. The van der Waals surface area contributed by atoms with Crippen LogP contribution < -0.4 is 0 Å². The molecule has 0 saturated heterocycles. The maximum absolute atomic E-state index is 11.6. The van der Waals surface area contributed by atoms with Crippen molar-refractivity contribution in [1.82, 2.24) is 0 Å². The van der Waals surface area contributed by atoms with E-state index in [4.69, 9.17) is 4.74 Å². The summed E-state index contributed by atoms with van der Waals surface area (Å²) in [5.41, 5.74) is 0.648. The molecule has 0 aliphatic carbocycles. The van der Waals surface area contributed by atoms with Crippen LogP contribution in [0.3, 0.4) is 0 Å². The van der Waals surface area contributed by atoms with Gasteiger partial charge in [0.1, 0.15) is 0 Å². The molecule has 0 bridgehead atoms. The van der Waals surface area contributed by atoms with Crippen molar-refractivity contribution in [3.05, 3.63) is 11.6 Å². The lowest BCUT2D eigenvalue weighted by Gasteiger charge is -2.25. The molecule has 0 aliphatic heterocycles. The Labute approximate surface area is 118 Å². The van der Waals surface area contributed by atoms with Crippen LogP contribution in [-0.2, 0) is 9.53 Å². The number of rotatable bonds is 9. The number of aliphatic hydroxyl groups is 1. The molecule has 3 nitrogen and oxygen atoms in total. The first kappa shape index (κ1) is 18.2. The molecule has 0 aliphatic rings. The highest BCUT2D eigenvalue weighted by Gasteiger charge is 2.20. The van der Waals surface area contributed by atoms with Crippen molar-refractivity contribution in [3.8, 4) is 0 Å². The molecule has 0 rings (SSSR count). The van der Waals surface area contributed by atoms with Gasteiger partial charge in [0.2, 0.25) is 0 Å². The van der Waals surface area contributed by atoms with Crippen molar-refractivity contribution in [3.63, 3.8) is 0 Å². The fraction of sp³-hybridized carbons (Fsp3) is 0.812. The van der Waals surface area contributed by atoms with Gasteiger partial charge in [0.15, 0.2) is 0 Å². The molecule has 0 spiro atoms. The Balaban J connectivity index is 4.37. The summed E-state index contributed by atoms with van der Waals surface area (Å²) < 4.78 is 5.35. The predicted molar refractivity (Wildman–Crippen MR) is 78.8 cm³/mol. The lowest BCUT2D eigenvalue weighted by molar-refractivity contribution is -0.141. The van der Waals surface area contributed by atoms with Gasteiger partial charge in [-0.25, -0.2) is 4.79 Å². The second-order valence-electron chi connectivity index (χ2n) is 5.65. The van der Waals surface area contributed by atoms with Crippen LogP contribution >= 0.6 is 0 Å². The zero-order valence-electron chi connectivity index (χ0n) is 13.1. The minimum absolute atomic E-state index is 0.221. The molecular formula is C16H30O3. The van der Waals surface area contributed by atoms with E-state index in [9.17, 15) is 9.90 Å². The highest BCUT2D eigenvalue weighted by atomic mass is 16.5. The van der Waals surface area contributed by atoms with Crippen LogP contribution in [0.15, 0.2) is 11.6 Å². The zero-order chi connectivity index (χ0) is 14.8. The highest BCUT2D eigenvalue weighted by molar-refractivity contribution is 5.87. The van der Waals surface area contributed by atoms with Gasteiger partial charge < -0.3 is 9.84 Å². The van der Waals surface area contributed by atoms with Gasteiger partial charge in [-0.1, -0.05) is 33.3 Å². The molecule has 3 heteroatoms. The summed E-state index contributed by atoms with van der Waals surface area (Å²) in [5.74, 6) is 0.852. The Bertz CT molecular complexity index is 282. The van der Waals surface area contributed by atoms with Gasteiger partial charge in [0.25, 0.3) is 0 Å². The summed E-state index contributed by atoms with van der Waals surface area (Å²) in [7, 11) is 0. The number of aliphatic hydroxyl groups excluding tert-OH is 1. The topological polar surface area (TPSA) is 46.5 Å². The summed E-state index contributed by atoms with van der Waals surface area (Å²) in [4.78, 5) is 11.6. The van der Waals surface area contributed by atoms with E-state index in [2.05, 4.69) is 20.8 Å². The smallest absolute Gasteiger partial charge is 0.333 e. The number of allylic oxidation sites excluding steroid dienone is 1.